The normalized spacial score (nSPS) is 11.0. The number of benzene rings is 3. The number of carbonyl (C=O) groups is 1. The largest absolute Gasteiger partial charge is 0.487 e. The summed E-state index contributed by atoms with van der Waals surface area (Å²) in [5, 5.41) is 7.87. The molecule has 0 fully saturated rings. The van der Waals surface area contributed by atoms with Crippen molar-refractivity contribution in [3.05, 3.63) is 99.6 Å². The fourth-order valence-electron chi connectivity index (χ4n) is 3.80. The predicted octanol–water partition coefficient (Wildman–Crippen LogP) is 5.01. The Morgan fingerprint density at radius 1 is 1.12 bits per heavy atom. The summed E-state index contributed by atoms with van der Waals surface area (Å²) in [7, 11) is 1.81. The Labute approximate surface area is 198 Å². The minimum absolute atomic E-state index is 0.163. The van der Waals surface area contributed by atoms with Crippen molar-refractivity contribution in [3.8, 4) is 17.1 Å². The quantitative estimate of drug-likeness (QED) is 0.360. The lowest BCUT2D eigenvalue weighted by molar-refractivity contribution is 0.102. The van der Waals surface area contributed by atoms with Crippen LogP contribution in [0.5, 0.6) is 5.75 Å². The summed E-state index contributed by atoms with van der Waals surface area (Å²) in [6.45, 7) is 0.413. The van der Waals surface area contributed by atoms with Crippen molar-refractivity contribution in [1.29, 1.82) is 0 Å². The average molecular weight is 475 g/mol. The molecule has 0 unspecified atom stereocenters. The first-order valence-corrected chi connectivity index (χ1v) is 10.8. The molecule has 2 aromatic heterocycles. The van der Waals surface area contributed by atoms with E-state index in [1.165, 1.54) is 0 Å². The number of hydrogen-bond acceptors (Lipinski definition) is 5. The number of fused-ring (bicyclic) bond motifs is 1. The van der Waals surface area contributed by atoms with Crippen molar-refractivity contribution < 1.29 is 14.1 Å². The van der Waals surface area contributed by atoms with Crippen LogP contribution in [0.15, 0.2) is 82.1 Å². The van der Waals surface area contributed by atoms with Gasteiger partial charge < -0.3 is 14.6 Å². The van der Waals surface area contributed by atoms with Gasteiger partial charge in [-0.3, -0.25) is 14.3 Å². The fourth-order valence-corrected chi connectivity index (χ4v) is 3.97. The maximum atomic E-state index is 13.2. The predicted molar refractivity (Wildman–Crippen MR) is 129 cm³/mol. The van der Waals surface area contributed by atoms with Crippen LogP contribution in [0.1, 0.15) is 16.1 Å². The highest BCUT2D eigenvalue weighted by atomic mass is 35.5. The highest BCUT2D eigenvalue weighted by molar-refractivity contribution is 6.31. The molecule has 8 nitrogen and oxygen atoms in total. The maximum Gasteiger partial charge on any atom is 0.439 e. The van der Waals surface area contributed by atoms with E-state index in [0.717, 1.165) is 16.5 Å². The van der Waals surface area contributed by atoms with Crippen molar-refractivity contribution in [2.45, 2.75) is 6.61 Å². The molecule has 0 atom stereocenters. The van der Waals surface area contributed by atoms with Crippen LogP contribution < -0.4 is 15.8 Å². The van der Waals surface area contributed by atoms with E-state index in [-0.39, 0.29) is 11.7 Å². The topological polar surface area (TPSA) is 102 Å². The van der Waals surface area contributed by atoms with Crippen LogP contribution in [0, 0.1) is 0 Å². The van der Waals surface area contributed by atoms with Gasteiger partial charge in [-0.2, -0.15) is 0 Å². The summed E-state index contributed by atoms with van der Waals surface area (Å²) >= 11 is 6.12. The van der Waals surface area contributed by atoms with Crippen LogP contribution in [-0.4, -0.2) is 20.6 Å². The van der Waals surface area contributed by atoms with Gasteiger partial charge in [-0.05, 0) is 35.9 Å². The van der Waals surface area contributed by atoms with Crippen molar-refractivity contribution in [1.82, 2.24) is 14.7 Å². The number of aryl methyl sites for hydroxylation is 1. The van der Waals surface area contributed by atoms with Gasteiger partial charge in [0.25, 0.3) is 5.91 Å². The summed E-state index contributed by atoms with van der Waals surface area (Å²) in [5.74, 6) is -0.210. The van der Waals surface area contributed by atoms with E-state index >= 15 is 0 Å². The maximum absolute atomic E-state index is 13.2. The van der Waals surface area contributed by atoms with Crippen molar-refractivity contribution in [2.75, 3.05) is 5.32 Å². The standard InChI is InChI=1S/C25H19ClN4O4/c1-30-20(12-16-8-5-9-21(22(16)30)33-14-15-6-3-2-4-7-15)24(31)27-19-11-10-17(26)13-18(19)23-28-25(32)34-29-23/h2-13H,14H2,1H3,(H,27,31)(H,28,29,32). The Balaban J connectivity index is 1.46. The van der Waals surface area contributed by atoms with Gasteiger partial charge in [0.1, 0.15) is 18.1 Å². The van der Waals surface area contributed by atoms with Crippen LogP contribution in [0.25, 0.3) is 22.3 Å². The second-order valence-corrected chi connectivity index (χ2v) is 8.08. The highest BCUT2D eigenvalue weighted by Crippen LogP contribution is 2.31. The SMILES string of the molecule is Cn1c(C(=O)Nc2ccc(Cl)cc2-c2noc(=O)[nH]2)cc2cccc(OCc3ccccc3)c21. The number of halogens is 1. The molecule has 34 heavy (non-hydrogen) atoms. The molecule has 5 aromatic rings. The summed E-state index contributed by atoms with van der Waals surface area (Å²) in [4.78, 5) is 27.1. The zero-order valence-corrected chi connectivity index (χ0v) is 18.8. The van der Waals surface area contributed by atoms with E-state index in [4.69, 9.17) is 16.3 Å². The Bertz CT molecular complexity index is 1550. The fraction of sp³-hybridized carbons (Fsp3) is 0.0800. The van der Waals surface area contributed by atoms with E-state index < -0.39 is 5.76 Å². The van der Waals surface area contributed by atoms with Crippen LogP contribution in [0.4, 0.5) is 5.69 Å². The number of H-pyrrole nitrogens is 1. The molecule has 0 saturated carbocycles. The van der Waals surface area contributed by atoms with Gasteiger partial charge >= 0.3 is 5.76 Å². The zero-order chi connectivity index (χ0) is 23.7. The Hall–Kier alpha value is -4.30. The molecule has 3 aromatic carbocycles. The zero-order valence-electron chi connectivity index (χ0n) is 18.0. The number of hydrogen-bond donors (Lipinski definition) is 2. The molecule has 2 N–H and O–H groups in total. The molecule has 0 aliphatic rings. The third kappa shape index (κ3) is 4.18. The number of carbonyl (C=O) groups excluding carboxylic acids is 1. The van der Waals surface area contributed by atoms with Crippen LogP contribution in [-0.2, 0) is 13.7 Å². The summed E-state index contributed by atoms with van der Waals surface area (Å²) in [6.07, 6.45) is 0. The number of anilines is 1. The van der Waals surface area contributed by atoms with Crippen LogP contribution >= 0.6 is 11.6 Å². The van der Waals surface area contributed by atoms with Gasteiger partial charge in [0.15, 0.2) is 5.82 Å². The van der Waals surface area contributed by atoms with E-state index in [0.29, 0.717) is 34.3 Å². The molecule has 5 rings (SSSR count). The number of nitrogens with zero attached hydrogens (tertiary/aromatic N) is 2. The number of para-hydroxylation sites is 1. The van der Waals surface area contributed by atoms with Crippen LogP contribution in [0.3, 0.4) is 0 Å². The lowest BCUT2D eigenvalue weighted by atomic mass is 10.1. The van der Waals surface area contributed by atoms with Crippen LogP contribution in [0.2, 0.25) is 5.02 Å². The lowest BCUT2D eigenvalue weighted by Gasteiger charge is -2.12. The lowest BCUT2D eigenvalue weighted by Crippen LogP contribution is -2.16. The van der Waals surface area contributed by atoms with E-state index in [1.54, 1.807) is 28.8 Å². The van der Waals surface area contributed by atoms with Crippen molar-refractivity contribution in [2.24, 2.45) is 7.05 Å². The first-order chi connectivity index (χ1) is 16.5. The van der Waals surface area contributed by atoms with E-state index in [2.05, 4.69) is 20.0 Å². The van der Waals surface area contributed by atoms with Crippen molar-refractivity contribution >= 4 is 34.1 Å². The van der Waals surface area contributed by atoms with Gasteiger partial charge in [-0.15, -0.1) is 0 Å². The number of rotatable bonds is 6. The second kappa shape index (κ2) is 8.92. The minimum atomic E-state index is -0.705. The molecule has 0 aliphatic carbocycles. The number of nitrogens with one attached hydrogen (secondary N) is 2. The number of aromatic amines is 1. The summed E-state index contributed by atoms with van der Waals surface area (Å²) in [6, 6.07) is 22.2. The van der Waals surface area contributed by atoms with E-state index in [1.807, 2.05) is 55.6 Å². The number of ether oxygens (including phenoxy) is 1. The summed E-state index contributed by atoms with van der Waals surface area (Å²) in [5.41, 5.74) is 3.14. The first kappa shape index (κ1) is 21.5. The minimum Gasteiger partial charge on any atom is -0.487 e. The molecule has 0 radical (unpaired) electrons. The highest BCUT2D eigenvalue weighted by Gasteiger charge is 2.19. The second-order valence-electron chi connectivity index (χ2n) is 7.64. The van der Waals surface area contributed by atoms with E-state index in [9.17, 15) is 9.59 Å². The molecular weight excluding hydrogens is 456 g/mol. The monoisotopic (exact) mass is 474 g/mol. The third-order valence-corrected chi connectivity index (χ3v) is 5.65. The summed E-state index contributed by atoms with van der Waals surface area (Å²) < 4.78 is 12.5. The van der Waals surface area contributed by atoms with Gasteiger partial charge in [-0.25, -0.2) is 4.79 Å². The first-order valence-electron chi connectivity index (χ1n) is 10.4. The number of amides is 1. The molecular formula is C25H19ClN4O4. The third-order valence-electron chi connectivity index (χ3n) is 5.41. The van der Waals surface area contributed by atoms with Gasteiger partial charge in [0, 0.05) is 23.0 Å². The Morgan fingerprint density at radius 3 is 2.71 bits per heavy atom. The molecule has 0 bridgehead atoms. The molecule has 0 saturated heterocycles. The Kier molecular flexibility index (Phi) is 5.65. The number of aromatic nitrogens is 3. The van der Waals surface area contributed by atoms with Gasteiger partial charge in [-0.1, -0.05) is 59.2 Å². The smallest absolute Gasteiger partial charge is 0.439 e. The van der Waals surface area contributed by atoms with Crippen molar-refractivity contribution in [3.63, 3.8) is 0 Å². The molecule has 9 heteroatoms. The van der Waals surface area contributed by atoms with Gasteiger partial charge in [0.05, 0.1) is 11.2 Å². The van der Waals surface area contributed by atoms with Gasteiger partial charge in [0.2, 0.25) is 0 Å². The molecule has 1 amide bonds. The molecule has 0 spiro atoms. The average Bonchev–Trinajstić information content (AvgIpc) is 3.43. The molecule has 0 aliphatic heterocycles. The molecule has 2 heterocycles. The Morgan fingerprint density at radius 2 is 1.94 bits per heavy atom. The molecule has 170 valence electrons.